The van der Waals surface area contributed by atoms with Gasteiger partial charge in [-0.25, -0.2) is 0 Å². The van der Waals surface area contributed by atoms with Crippen LogP contribution in [-0.4, -0.2) is 26.4 Å². The number of rotatable bonds is 8. The molecule has 0 heterocycles. The van der Waals surface area contributed by atoms with E-state index in [1.165, 1.54) is 5.56 Å². The van der Waals surface area contributed by atoms with Gasteiger partial charge in [-0.1, -0.05) is 42.5 Å². The van der Waals surface area contributed by atoms with E-state index in [1.807, 2.05) is 49.4 Å². The highest BCUT2D eigenvalue weighted by molar-refractivity contribution is 5.26. The molecular formula is C19H24O3. The molecule has 1 unspecified atom stereocenters. The predicted octanol–water partition coefficient (Wildman–Crippen LogP) is 3.86. The molecule has 0 aromatic heterocycles. The van der Waals surface area contributed by atoms with E-state index < -0.39 is 0 Å². The fourth-order valence-electron chi connectivity index (χ4n) is 2.28. The first-order chi connectivity index (χ1) is 10.7. The first kappa shape index (κ1) is 16.5. The first-order valence-electron chi connectivity index (χ1n) is 7.54. The Morgan fingerprint density at radius 2 is 1.55 bits per heavy atom. The lowest BCUT2D eigenvalue weighted by atomic mass is 10.0. The largest absolute Gasteiger partial charge is 0.497 e. The third-order valence-corrected chi connectivity index (χ3v) is 3.80. The maximum Gasteiger partial charge on any atom is 0.118 e. The zero-order valence-electron chi connectivity index (χ0n) is 13.5. The van der Waals surface area contributed by atoms with Gasteiger partial charge in [0.2, 0.25) is 0 Å². The molecule has 22 heavy (non-hydrogen) atoms. The molecule has 0 N–H and O–H groups in total. The minimum atomic E-state index is 0.0227. The molecule has 0 aliphatic carbocycles. The standard InChI is InChI=1S/C19H24O3/c1-15(20-2)19(13-16-7-5-4-6-8-16)22-14-17-9-11-18(21-3)12-10-17/h4-12,15,19H,13-14H2,1-3H3/t15-,19?/m0/s1. The van der Waals surface area contributed by atoms with Gasteiger partial charge in [0.1, 0.15) is 5.75 Å². The zero-order valence-corrected chi connectivity index (χ0v) is 13.5. The quantitative estimate of drug-likeness (QED) is 0.741. The fourth-order valence-corrected chi connectivity index (χ4v) is 2.28. The third kappa shape index (κ3) is 4.86. The van der Waals surface area contributed by atoms with E-state index in [0.717, 1.165) is 17.7 Å². The first-order valence-corrected chi connectivity index (χ1v) is 7.54. The van der Waals surface area contributed by atoms with Crippen molar-refractivity contribution in [3.05, 3.63) is 65.7 Å². The average molecular weight is 300 g/mol. The molecule has 0 radical (unpaired) electrons. The highest BCUT2D eigenvalue weighted by atomic mass is 16.5. The second-order valence-electron chi connectivity index (χ2n) is 5.33. The molecule has 2 atom stereocenters. The summed E-state index contributed by atoms with van der Waals surface area (Å²) in [6.07, 6.45) is 0.902. The molecular weight excluding hydrogens is 276 g/mol. The van der Waals surface area contributed by atoms with Crippen LogP contribution >= 0.6 is 0 Å². The van der Waals surface area contributed by atoms with Crippen molar-refractivity contribution in [2.45, 2.75) is 32.2 Å². The zero-order chi connectivity index (χ0) is 15.8. The molecule has 118 valence electrons. The highest BCUT2D eigenvalue weighted by Crippen LogP contribution is 2.16. The second kappa shape index (κ2) is 8.57. The Morgan fingerprint density at radius 1 is 0.864 bits per heavy atom. The van der Waals surface area contributed by atoms with Crippen LogP contribution in [0, 0.1) is 0 Å². The number of ether oxygens (including phenoxy) is 3. The van der Waals surface area contributed by atoms with Crippen LogP contribution in [0.4, 0.5) is 0 Å². The van der Waals surface area contributed by atoms with Crippen LogP contribution in [0.25, 0.3) is 0 Å². The number of hydrogen-bond donors (Lipinski definition) is 0. The van der Waals surface area contributed by atoms with Crippen molar-refractivity contribution in [3.63, 3.8) is 0 Å². The van der Waals surface area contributed by atoms with Crippen LogP contribution < -0.4 is 4.74 Å². The Morgan fingerprint density at radius 3 is 2.14 bits per heavy atom. The van der Waals surface area contributed by atoms with Gasteiger partial charge in [0, 0.05) is 13.5 Å². The minimum absolute atomic E-state index is 0.0227. The summed E-state index contributed by atoms with van der Waals surface area (Å²) in [4.78, 5) is 0. The van der Waals surface area contributed by atoms with E-state index in [9.17, 15) is 0 Å². The van der Waals surface area contributed by atoms with Gasteiger partial charge in [0.05, 0.1) is 25.9 Å². The van der Waals surface area contributed by atoms with Gasteiger partial charge in [-0.05, 0) is 30.2 Å². The van der Waals surface area contributed by atoms with Crippen LogP contribution in [0.1, 0.15) is 18.1 Å². The average Bonchev–Trinajstić information content (AvgIpc) is 2.59. The van der Waals surface area contributed by atoms with E-state index in [0.29, 0.717) is 6.61 Å². The summed E-state index contributed by atoms with van der Waals surface area (Å²) in [7, 11) is 3.39. The van der Waals surface area contributed by atoms with Gasteiger partial charge in [-0.2, -0.15) is 0 Å². The summed E-state index contributed by atoms with van der Waals surface area (Å²) >= 11 is 0. The van der Waals surface area contributed by atoms with Crippen molar-refractivity contribution >= 4 is 0 Å². The van der Waals surface area contributed by atoms with Gasteiger partial charge >= 0.3 is 0 Å². The number of benzene rings is 2. The third-order valence-electron chi connectivity index (χ3n) is 3.80. The van der Waals surface area contributed by atoms with Crippen LogP contribution in [0.3, 0.4) is 0 Å². The molecule has 0 amide bonds. The van der Waals surface area contributed by atoms with E-state index in [-0.39, 0.29) is 12.2 Å². The molecule has 0 fully saturated rings. The highest BCUT2D eigenvalue weighted by Gasteiger charge is 2.18. The number of methoxy groups -OCH3 is 2. The summed E-state index contributed by atoms with van der Waals surface area (Å²) in [5, 5.41) is 0. The van der Waals surface area contributed by atoms with Gasteiger partial charge in [0.15, 0.2) is 0 Å². The Bertz CT molecular complexity index is 536. The normalized spacial score (nSPS) is 13.6. The molecule has 2 rings (SSSR count). The molecule has 0 saturated carbocycles. The molecule has 2 aromatic carbocycles. The van der Waals surface area contributed by atoms with E-state index in [2.05, 4.69) is 12.1 Å². The number of hydrogen-bond acceptors (Lipinski definition) is 3. The van der Waals surface area contributed by atoms with Crippen molar-refractivity contribution in [1.82, 2.24) is 0 Å². The Hall–Kier alpha value is -1.84. The summed E-state index contributed by atoms with van der Waals surface area (Å²) in [6.45, 7) is 2.61. The summed E-state index contributed by atoms with van der Waals surface area (Å²) < 4.78 is 16.7. The Balaban J connectivity index is 1.97. The van der Waals surface area contributed by atoms with Crippen LogP contribution in [0.2, 0.25) is 0 Å². The van der Waals surface area contributed by atoms with Gasteiger partial charge < -0.3 is 14.2 Å². The summed E-state index contributed by atoms with van der Waals surface area (Å²) in [6, 6.07) is 18.3. The lowest BCUT2D eigenvalue weighted by molar-refractivity contribution is -0.0549. The topological polar surface area (TPSA) is 27.7 Å². The molecule has 0 spiro atoms. The minimum Gasteiger partial charge on any atom is -0.497 e. The van der Waals surface area contributed by atoms with Crippen LogP contribution in [0.15, 0.2) is 54.6 Å². The van der Waals surface area contributed by atoms with Crippen LogP contribution in [0.5, 0.6) is 5.75 Å². The van der Waals surface area contributed by atoms with E-state index >= 15 is 0 Å². The van der Waals surface area contributed by atoms with Crippen molar-refractivity contribution in [1.29, 1.82) is 0 Å². The van der Waals surface area contributed by atoms with Crippen molar-refractivity contribution in [3.8, 4) is 5.75 Å². The Kier molecular flexibility index (Phi) is 6.44. The van der Waals surface area contributed by atoms with Gasteiger partial charge in [-0.3, -0.25) is 0 Å². The maximum absolute atomic E-state index is 6.09. The SMILES string of the molecule is COc1ccc(COC(Cc2ccccc2)[C@H](C)OC)cc1. The van der Waals surface area contributed by atoms with Crippen molar-refractivity contribution in [2.24, 2.45) is 0 Å². The van der Waals surface area contributed by atoms with E-state index in [4.69, 9.17) is 14.2 Å². The lowest BCUT2D eigenvalue weighted by Crippen LogP contribution is -2.30. The molecule has 3 heteroatoms. The van der Waals surface area contributed by atoms with Gasteiger partial charge in [0.25, 0.3) is 0 Å². The Labute approximate surface area is 132 Å². The molecule has 0 saturated heterocycles. The summed E-state index contributed by atoms with van der Waals surface area (Å²) in [5.74, 6) is 0.856. The van der Waals surface area contributed by atoms with E-state index in [1.54, 1.807) is 14.2 Å². The lowest BCUT2D eigenvalue weighted by Gasteiger charge is -2.23. The molecule has 0 bridgehead atoms. The van der Waals surface area contributed by atoms with Gasteiger partial charge in [-0.15, -0.1) is 0 Å². The molecule has 0 aliphatic rings. The molecule has 0 aliphatic heterocycles. The molecule has 2 aromatic rings. The smallest absolute Gasteiger partial charge is 0.118 e. The maximum atomic E-state index is 6.09. The second-order valence-corrected chi connectivity index (χ2v) is 5.33. The van der Waals surface area contributed by atoms with Crippen molar-refractivity contribution in [2.75, 3.05) is 14.2 Å². The fraction of sp³-hybridized carbons (Fsp3) is 0.368. The summed E-state index contributed by atoms with van der Waals surface area (Å²) in [5.41, 5.74) is 2.38. The monoisotopic (exact) mass is 300 g/mol. The molecule has 3 nitrogen and oxygen atoms in total. The van der Waals surface area contributed by atoms with Crippen molar-refractivity contribution < 1.29 is 14.2 Å². The van der Waals surface area contributed by atoms with Crippen LogP contribution in [-0.2, 0) is 22.5 Å². The predicted molar refractivity (Wildman–Crippen MR) is 88.2 cm³/mol.